The molecule has 2 aromatic rings. The van der Waals surface area contributed by atoms with Crippen LogP contribution in [0.1, 0.15) is 19.4 Å². The molecule has 5 nitrogen and oxygen atoms in total. The van der Waals surface area contributed by atoms with Crippen LogP contribution in [0, 0.1) is 5.82 Å². The van der Waals surface area contributed by atoms with Crippen molar-refractivity contribution in [2.45, 2.75) is 26.4 Å². The fraction of sp³-hybridized carbons (Fsp3) is 0.350. The van der Waals surface area contributed by atoms with Crippen molar-refractivity contribution in [2.75, 3.05) is 26.1 Å². The van der Waals surface area contributed by atoms with Crippen LogP contribution in [0.25, 0.3) is 0 Å². The number of ether oxygens (including phenoxy) is 2. The number of benzene rings is 2. The van der Waals surface area contributed by atoms with Gasteiger partial charge in [0.05, 0.1) is 24.8 Å². The molecule has 0 aromatic heterocycles. The first-order chi connectivity index (χ1) is 12.8. The third kappa shape index (κ3) is 5.58. The lowest BCUT2D eigenvalue weighted by molar-refractivity contribution is -0.120. The van der Waals surface area contributed by atoms with Gasteiger partial charge in [-0.25, -0.2) is 4.39 Å². The molecular weight excluding hydrogens is 371 g/mol. The van der Waals surface area contributed by atoms with E-state index in [9.17, 15) is 9.18 Å². The van der Waals surface area contributed by atoms with Crippen LogP contribution in [0.4, 0.5) is 10.1 Å². The summed E-state index contributed by atoms with van der Waals surface area (Å²) in [6, 6.07) is 9.36. The highest BCUT2D eigenvalue weighted by atomic mass is 35.5. The highest BCUT2D eigenvalue weighted by molar-refractivity contribution is 6.31. The Morgan fingerprint density at radius 3 is 2.63 bits per heavy atom. The molecule has 0 fully saturated rings. The molecule has 0 saturated carbocycles. The van der Waals surface area contributed by atoms with Gasteiger partial charge in [-0.1, -0.05) is 17.7 Å². The summed E-state index contributed by atoms with van der Waals surface area (Å²) in [7, 11) is 3.44. The number of methoxy groups -OCH3 is 1. The first kappa shape index (κ1) is 21.0. The molecule has 0 heterocycles. The van der Waals surface area contributed by atoms with Crippen molar-refractivity contribution in [1.29, 1.82) is 0 Å². The third-order valence-corrected chi connectivity index (χ3v) is 4.48. The van der Waals surface area contributed by atoms with Gasteiger partial charge in [0.15, 0.2) is 11.5 Å². The number of carbonyl (C=O) groups excluding carboxylic acids is 1. The van der Waals surface area contributed by atoms with Gasteiger partial charge in [-0.2, -0.15) is 0 Å². The van der Waals surface area contributed by atoms with Crippen LogP contribution in [0.2, 0.25) is 5.02 Å². The molecule has 146 valence electrons. The molecule has 0 unspecified atom stereocenters. The number of halogens is 2. The van der Waals surface area contributed by atoms with Crippen molar-refractivity contribution < 1.29 is 18.7 Å². The molecule has 0 aliphatic carbocycles. The zero-order chi connectivity index (χ0) is 20.0. The molecule has 7 heteroatoms. The normalized spacial score (nSPS) is 12.0. The molecule has 1 atom stereocenters. The van der Waals surface area contributed by atoms with Crippen LogP contribution in [-0.2, 0) is 11.3 Å². The molecule has 0 saturated heterocycles. The Hall–Kier alpha value is -2.31. The minimum absolute atomic E-state index is 0.0321. The average Bonchev–Trinajstić information content (AvgIpc) is 2.65. The Kier molecular flexibility index (Phi) is 7.45. The Balaban J connectivity index is 2.02. The molecule has 0 radical (unpaired) electrons. The standard InChI is InChI=1S/C20H24ClFN2O3/c1-5-27-18-9-6-14(10-19(18)26-4)12-24(3)13(2)20(25)23-15-7-8-17(22)16(21)11-15/h6-11,13H,5,12H2,1-4H3,(H,23,25)/t13-/m1/s1. The summed E-state index contributed by atoms with van der Waals surface area (Å²) >= 11 is 5.75. The van der Waals surface area contributed by atoms with Crippen LogP contribution >= 0.6 is 11.6 Å². The predicted molar refractivity (Wildman–Crippen MR) is 105 cm³/mol. The molecule has 2 rings (SSSR count). The number of hydrogen-bond donors (Lipinski definition) is 1. The second kappa shape index (κ2) is 9.58. The minimum atomic E-state index is -0.524. The summed E-state index contributed by atoms with van der Waals surface area (Å²) in [4.78, 5) is 14.4. The molecule has 2 aromatic carbocycles. The van der Waals surface area contributed by atoms with Crippen molar-refractivity contribution in [1.82, 2.24) is 4.90 Å². The number of anilines is 1. The smallest absolute Gasteiger partial charge is 0.241 e. The first-order valence-corrected chi connectivity index (χ1v) is 8.99. The quantitative estimate of drug-likeness (QED) is 0.723. The average molecular weight is 395 g/mol. The van der Waals surface area contributed by atoms with E-state index in [4.69, 9.17) is 21.1 Å². The number of nitrogens with one attached hydrogen (secondary N) is 1. The molecule has 1 amide bonds. The van der Waals surface area contributed by atoms with Gasteiger partial charge in [-0.05, 0) is 56.8 Å². The van der Waals surface area contributed by atoms with Crippen LogP contribution in [-0.4, -0.2) is 37.6 Å². The van der Waals surface area contributed by atoms with Crippen LogP contribution in [0.3, 0.4) is 0 Å². The van der Waals surface area contributed by atoms with E-state index in [0.29, 0.717) is 30.3 Å². The Labute approximate surface area is 164 Å². The Bertz CT molecular complexity index is 801. The number of carbonyl (C=O) groups is 1. The van der Waals surface area contributed by atoms with E-state index in [1.807, 2.05) is 37.1 Å². The van der Waals surface area contributed by atoms with E-state index < -0.39 is 11.9 Å². The lowest BCUT2D eigenvalue weighted by Gasteiger charge is -2.24. The molecular formula is C20H24ClFN2O3. The van der Waals surface area contributed by atoms with Crippen molar-refractivity contribution in [2.24, 2.45) is 0 Å². The van der Waals surface area contributed by atoms with E-state index in [-0.39, 0.29) is 10.9 Å². The summed E-state index contributed by atoms with van der Waals surface area (Å²) in [5.74, 6) is 0.605. The zero-order valence-corrected chi connectivity index (χ0v) is 16.6. The topological polar surface area (TPSA) is 50.8 Å². The number of amides is 1. The van der Waals surface area contributed by atoms with Gasteiger partial charge in [-0.15, -0.1) is 0 Å². The van der Waals surface area contributed by atoms with E-state index in [1.165, 1.54) is 18.2 Å². The first-order valence-electron chi connectivity index (χ1n) is 8.61. The maximum Gasteiger partial charge on any atom is 0.241 e. The summed E-state index contributed by atoms with van der Waals surface area (Å²) in [6.45, 7) is 4.81. The second-order valence-electron chi connectivity index (χ2n) is 6.13. The van der Waals surface area contributed by atoms with Crippen LogP contribution in [0.15, 0.2) is 36.4 Å². The largest absolute Gasteiger partial charge is 0.493 e. The molecule has 1 N–H and O–H groups in total. The summed E-state index contributed by atoms with van der Waals surface area (Å²) < 4.78 is 24.1. The fourth-order valence-electron chi connectivity index (χ4n) is 2.53. The Morgan fingerprint density at radius 2 is 2.00 bits per heavy atom. The molecule has 27 heavy (non-hydrogen) atoms. The van der Waals surface area contributed by atoms with E-state index in [2.05, 4.69) is 5.32 Å². The van der Waals surface area contributed by atoms with Gasteiger partial charge < -0.3 is 14.8 Å². The predicted octanol–water partition coefficient (Wildman–Crippen LogP) is 4.35. The van der Waals surface area contributed by atoms with Gasteiger partial charge in [0.25, 0.3) is 0 Å². The molecule has 0 bridgehead atoms. The Morgan fingerprint density at radius 1 is 1.26 bits per heavy atom. The lowest BCUT2D eigenvalue weighted by atomic mass is 10.1. The zero-order valence-electron chi connectivity index (χ0n) is 15.9. The van der Waals surface area contributed by atoms with Gasteiger partial charge in [0.2, 0.25) is 5.91 Å². The van der Waals surface area contributed by atoms with Crippen molar-refractivity contribution >= 4 is 23.2 Å². The molecule has 0 spiro atoms. The highest BCUT2D eigenvalue weighted by Crippen LogP contribution is 2.28. The summed E-state index contributed by atoms with van der Waals surface area (Å²) in [5, 5.41) is 2.72. The van der Waals surface area contributed by atoms with E-state index >= 15 is 0 Å². The fourth-order valence-corrected chi connectivity index (χ4v) is 2.71. The lowest BCUT2D eigenvalue weighted by Crippen LogP contribution is -2.39. The number of nitrogens with zero attached hydrogens (tertiary/aromatic N) is 1. The van der Waals surface area contributed by atoms with Gasteiger partial charge >= 0.3 is 0 Å². The maximum absolute atomic E-state index is 13.2. The van der Waals surface area contributed by atoms with Crippen molar-refractivity contribution in [3.05, 3.63) is 52.8 Å². The van der Waals surface area contributed by atoms with Gasteiger partial charge in [0.1, 0.15) is 5.82 Å². The molecule has 0 aliphatic rings. The number of likely N-dealkylation sites (N-methyl/N-ethyl adjacent to an activating group) is 1. The molecule has 0 aliphatic heterocycles. The number of hydrogen-bond acceptors (Lipinski definition) is 4. The van der Waals surface area contributed by atoms with E-state index in [1.54, 1.807) is 14.0 Å². The van der Waals surface area contributed by atoms with Gasteiger partial charge in [0, 0.05) is 12.2 Å². The van der Waals surface area contributed by atoms with E-state index in [0.717, 1.165) is 5.56 Å². The third-order valence-electron chi connectivity index (χ3n) is 4.19. The van der Waals surface area contributed by atoms with Crippen LogP contribution in [0.5, 0.6) is 11.5 Å². The maximum atomic E-state index is 13.2. The monoisotopic (exact) mass is 394 g/mol. The van der Waals surface area contributed by atoms with Gasteiger partial charge in [-0.3, -0.25) is 9.69 Å². The highest BCUT2D eigenvalue weighted by Gasteiger charge is 2.19. The summed E-state index contributed by atoms with van der Waals surface area (Å²) in [5.41, 5.74) is 1.44. The minimum Gasteiger partial charge on any atom is -0.493 e. The number of rotatable bonds is 8. The SMILES string of the molecule is CCOc1ccc(CN(C)[C@H](C)C(=O)Nc2ccc(F)c(Cl)c2)cc1OC. The van der Waals surface area contributed by atoms with Crippen molar-refractivity contribution in [3.8, 4) is 11.5 Å². The van der Waals surface area contributed by atoms with Crippen molar-refractivity contribution in [3.63, 3.8) is 0 Å². The van der Waals surface area contributed by atoms with Crippen LogP contribution < -0.4 is 14.8 Å². The second-order valence-corrected chi connectivity index (χ2v) is 6.53. The summed E-state index contributed by atoms with van der Waals surface area (Å²) in [6.07, 6.45) is 0.